The highest BCUT2D eigenvalue weighted by Gasteiger charge is 2.56. The highest BCUT2D eigenvalue weighted by atomic mass is 16.4. The molecule has 4 heteroatoms. The number of carboxylic acid groups (broad SMARTS) is 2. The van der Waals surface area contributed by atoms with Gasteiger partial charge in [-0.05, 0) is 77.3 Å². The van der Waals surface area contributed by atoms with Gasteiger partial charge in [-0.25, -0.2) is 0 Å². The fraction of sp³-hybridized carbons (Fsp3) is 0.371. The highest BCUT2D eigenvalue weighted by molar-refractivity contribution is 5.68. The Labute approximate surface area is 229 Å². The van der Waals surface area contributed by atoms with E-state index in [2.05, 4.69) is 85.0 Å². The lowest BCUT2D eigenvalue weighted by molar-refractivity contribution is -0.138. The molecule has 0 aliphatic heterocycles. The van der Waals surface area contributed by atoms with Crippen LogP contribution in [0, 0.1) is 11.8 Å². The second-order valence-corrected chi connectivity index (χ2v) is 12.2. The van der Waals surface area contributed by atoms with Gasteiger partial charge in [0.25, 0.3) is 0 Å². The predicted octanol–water partition coefficient (Wildman–Crippen LogP) is 6.96. The normalized spacial score (nSPS) is 31.8. The van der Waals surface area contributed by atoms with E-state index in [1.165, 1.54) is 33.4 Å². The van der Waals surface area contributed by atoms with Gasteiger partial charge in [0.05, 0.1) is 0 Å². The summed E-state index contributed by atoms with van der Waals surface area (Å²) >= 11 is 0. The maximum Gasteiger partial charge on any atom is 0.303 e. The Morgan fingerprint density at radius 2 is 1.28 bits per heavy atom. The van der Waals surface area contributed by atoms with Crippen LogP contribution in [-0.2, 0) is 26.8 Å². The first-order valence-electron chi connectivity index (χ1n) is 14.3. The number of aliphatic carboxylic acids is 2. The Kier molecular flexibility index (Phi) is 5.59. The first kappa shape index (κ1) is 24.4. The van der Waals surface area contributed by atoms with E-state index in [0.717, 1.165) is 19.3 Å². The van der Waals surface area contributed by atoms with Gasteiger partial charge in [0.1, 0.15) is 0 Å². The summed E-state index contributed by atoms with van der Waals surface area (Å²) in [5, 5.41) is 19.7. The van der Waals surface area contributed by atoms with Crippen LogP contribution in [-0.4, -0.2) is 22.2 Å². The van der Waals surface area contributed by atoms with Crippen molar-refractivity contribution in [3.05, 3.63) is 118 Å². The standard InChI is InChI=1S/C35H34O4/c36-31(37)15-17-34(27-10-4-1-7-23(27)24-8-2-5-11-28(24)34)19-20-35(18-16-32(38)39)29-12-6-3-9-25(29)33-26-21-22(26)13-14-30(33)35/h1-14,23,25,27,29H,15-21H2,(H,36,37)(H,38,39). The molecule has 39 heavy (non-hydrogen) atoms. The lowest BCUT2D eigenvalue weighted by atomic mass is 9.60. The number of hydrogen-bond acceptors (Lipinski definition) is 2. The first-order chi connectivity index (χ1) is 18.9. The number of benzene rings is 2. The lowest BCUT2D eigenvalue weighted by Gasteiger charge is -2.43. The summed E-state index contributed by atoms with van der Waals surface area (Å²) in [6.45, 7) is 0. The average molecular weight is 519 g/mol. The van der Waals surface area contributed by atoms with Crippen LogP contribution in [0.2, 0.25) is 0 Å². The first-order valence-corrected chi connectivity index (χ1v) is 14.3. The van der Waals surface area contributed by atoms with E-state index in [-0.39, 0.29) is 47.3 Å². The third-order valence-electron chi connectivity index (χ3n) is 10.6. The molecule has 0 saturated carbocycles. The largest absolute Gasteiger partial charge is 0.481 e. The number of hydrogen-bond donors (Lipinski definition) is 2. The Morgan fingerprint density at radius 1 is 0.692 bits per heavy atom. The number of allylic oxidation sites excluding steroid dienone is 8. The van der Waals surface area contributed by atoms with E-state index >= 15 is 0 Å². The molecule has 0 spiro atoms. The maximum atomic E-state index is 12.0. The molecule has 5 aliphatic rings. The average Bonchev–Trinajstić information content (AvgIpc) is 3.62. The summed E-state index contributed by atoms with van der Waals surface area (Å²) < 4.78 is 0. The molecule has 0 radical (unpaired) electrons. The van der Waals surface area contributed by atoms with Crippen LogP contribution in [0.1, 0.15) is 83.7 Å². The Balaban J connectivity index is 1.35. The van der Waals surface area contributed by atoms with Crippen molar-refractivity contribution < 1.29 is 19.8 Å². The third-order valence-corrected chi connectivity index (χ3v) is 10.6. The second kappa shape index (κ2) is 8.94. The topological polar surface area (TPSA) is 74.6 Å². The Hall–Kier alpha value is -3.66. The van der Waals surface area contributed by atoms with E-state index in [1.807, 2.05) is 0 Å². The molecule has 4 nitrogen and oxygen atoms in total. The number of carbonyl (C=O) groups is 2. The lowest BCUT2D eigenvalue weighted by Crippen LogP contribution is -2.39. The van der Waals surface area contributed by atoms with Crippen LogP contribution in [0.5, 0.6) is 0 Å². The van der Waals surface area contributed by atoms with Gasteiger partial charge in [-0.2, -0.15) is 0 Å². The van der Waals surface area contributed by atoms with Crippen LogP contribution >= 0.6 is 0 Å². The number of carboxylic acids is 2. The quantitative estimate of drug-likeness (QED) is 0.321. The minimum absolute atomic E-state index is 0.121. The highest BCUT2D eigenvalue weighted by Crippen LogP contribution is 2.63. The van der Waals surface area contributed by atoms with E-state index in [1.54, 1.807) is 0 Å². The van der Waals surface area contributed by atoms with Crippen LogP contribution in [0.3, 0.4) is 0 Å². The molecule has 0 fully saturated rings. The van der Waals surface area contributed by atoms with Crippen molar-refractivity contribution in [1.82, 2.24) is 0 Å². The van der Waals surface area contributed by atoms with E-state index in [0.29, 0.717) is 12.8 Å². The minimum Gasteiger partial charge on any atom is -0.481 e. The van der Waals surface area contributed by atoms with Crippen molar-refractivity contribution in [2.24, 2.45) is 11.8 Å². The Bertz CT molecular complexity index is 1490. The van der Waals surface area contributed by atoms with Crippen molar-refractivity contribution in [2.45, 2.75) is 67.6 Å². The molecule has 0 heterocycles. The third kappa shape index (κ3) is 3.64. The molecule has 7 rings (SSSR count). The molecular formula is C35H34O4. The molecular weight excluding hydrogens is 484 g/mol. The van der Waals surface area contributed by atoms with Gasteiger partial charge in [0.15, 0.2) is 0 Å². The van der Waals surface area contributed by atoms with Gasteiger partial charge in [0, 0.05) is 35.5 Å². The molecule has 2 aromatic rings. The summed E-state index contributed by atoms with van der Waals surface area (Å²) in [5.41, 5.74) is 7.64. The molecule has 0 amide bonds. The van der Waals surface area contributed by atoms with Gasteiger partial charge in [-0.15, -0.1) is 0 Å². The zero-order valence-corrected chi connectivity index (χ0v) is 22.1. The van der Waals surface area contributed by atoms with Crippen molar-refractivity contribution in [3.8, 4) is 0 Å². The summed E-state index contributed by atoms with van der Waals surface area (Å²) in [7, 11) is 0. The van der Waals surface area contributed by atoms with E-state index in [9.17, 15) is 19.8 Å². The second-order valence-electron chi connectivity index (χ2n) is 12.2. The van der Waals surface area contributed by atoms with Crippen molar-refractivity contribution in [2.75, 3.05) is 0 Å². The van der Waals surface area contributed by atoms with Gasteiger partial charge in [0.2, 0.25) is 0 Å². The summed E-state index contributed by atoms with van der Waals surface area (Å²) in [4.78, 5) is 23.9. The van der Waals surface area contributed by atoms with Gasteiger partial charge < -0.3 is 10.2 Å². The molecule has 0 saturated heterocycles. The SMILES string of the molecule is O=C(O)CCC1(CCC2(CCC(=O)O)c3ccc4c(c3C3C=CC=CC32)C4)c2ccccc2C2C=CC=CC21. The molecule has 6 unspecified atom stereocenters. The van der Waals surface area contributed by atoms with Gasteiger partial charge in [-0.3, -0.25) is 9.59 Å². The van der Waals surface area contributed by atoms with E-state index in [4.69, 9.17) is 0 Å². The van der Waals surface area contributed by atoms with Crippen LogP contribution < -0.4 is 0 Å². The molecule has 2 aromatic carbocycles. The van der Waals surface area contributed by atoms with Crippen LogP contribution in [0.25, 0.3) is 0 Å². The summed E-state index contributed by atoms with van der Waals surface area (Å²) in [6, 6.07) is 13.2. The fourth-order valence-corrected chi connectivity index (χ4v) is 8.83. The van der Waals surface area contributed by atoms with Gasteiger partial charge >= 0.3 is 11.9 Å². The minimum atomic E-state index is -0.763. The van der Waals surface area contributed by atoms with Crippen LogP contribution in [0.4, 0.5) is 0 Å². The fourth-order valence-electron chi connectivity index (χ4n) is 8.83. The van der Waals surface area contributed by atoms with Crippen LogP contribution in [0.15, 0.2) is 85.0 Å². The summed E-state index contributed by atoms with van der Waals surface area (Å²) in [6.07, 6.45) is 21.8. The van der Waals surface area contributed by atoms with Gasteiger partial charge in [-0.1, -0.05) is 85.0 Å². The van der Waals surface area contributed by atoms with Crippen molar-refractivity contribution in [1.29, 1.82) is 0 Å². The Morgan fingerprint density at radius 3 is 1.97 bits per heavy atom. The molecule has 198 valence electrons. The zero-order chi connectivity index (χ0) is 26.8. The number of fused-ring (bicyclic) bond motifs is 8. The molecule has 0 aromatic heterocycles. The summed E-state index contributed by atoms with van der Waals surface area (Å²) in [5.74, 6) is -0.577. The number of rotatable bonds is 9. The molecule has 5 aliphatic carbocycles. The monoisotopic (exact) mass is 518 g/mol. The van der Waals surface area contributed by atoms with E-state index < -0.39 is 11.9 Å². The molecule has 0 bridgehead atoms. The zero-order valence-electron chi connectivity index (χ0n) is 22.1. The molecule has 6 atom stereocenters. The molecule has 2 N–H and O–H groups in total. The maximum absolute atomic E-state index is 12.0. The van der Waals surface area contributed by atoms with Crippen molar-refractivity contribution in [3.63, 3.8) is 0 Å². The van der Waals surface area contributed by atoms with Crippen molar-refractivity contribution >= 4 is 11.9 Å². The smallest absolute Gasteiger partial charge is 0.303 e. The predicted molar refractivity (Wildman–Crippen MR) is 151 cm³/mol.